The van der Waals surface area contributed by atoms with Gasteiger partial charge >= 0.3 is 0 Å². The first kappa shape index (κ1) is 53.5. The van der Waals surface area contributed by atoms with Gasteiger partial charge in [-0.25, -0.2) is 15.0 Å². The number of carbonyl (C=O) groups excluding carboxylic acids is 4. The lowest BCUT2D eigenvalue weighted by atomic mass is 9.85. The SMILES string of the molecule is Cc1ncsc1-c1ccc(CNC(=O)[C@@H]2C[C@@H](O)CN2C(=O)[C@@H](NC(=O)COCCCCCOCCCCCNC(=O)CN2CCC(Nc3cccc(-c4cnc5ccc(C#N)cn45)n3)C2)C(C)(C)C)cc1. The molecule has 18 nitrogen and oxygen atoms in total. The van der Waals surface area contributed by atoms with Crippen molar-refractivity contribution in [2.75, 3.05) is 64.5 Å². The van der Waals surface area contributed by atoms with Gasteiger partial charge < -0.3 is 40.7 Å². The summed E-state index contributed by atoms with van der Waals surface area (Å²) >= 11 is 1.58. The van der Waals surface area contributed by atoms with Gasteiger partial charge in [0.1, 0.15) is 36.2 Å². The number of nitrogens with one attached hydrogen (secondary N) is 4. The lowest BCUT2D eigenvalue weighted by Crippen LogP contribution is -2.58. The molecule has 5 N–H and O–H groups in total. The summed E-state index contributed by atoms with van der Waals surface area (Å²) in [6.07, 6.45) is 8.93. The summed E-state index contributed by atoms with van der Waals surface area (Å²) < 4.78 is 13.4. The van der Waals surface area contributed by atoms with Crippen molar-refractivity contribution >= 4 is 46.4 Å². The van der Waals surface area contributed by atoms with Crippen LogP contribution >= 0.6 is 11.3 Å². The third-order valence-corrected chi connectivity index (χ3v) is 13.9. The van der Waals surface area contributed by atoms with Gasteiger partial charge in [0.05, 0.1) is 51.9 Å². The molecule has 0 saturated carbocycles. The molecule has 2 saturated heterocycles. The summed E-state index contributed by atoms with van der Waals surface area (Å²) in [5.41, 5.74) is 6.93. The Morgan fingerprint density at radius 1 is 0.917 bits per heavy atom. The average Bonchev–Trinajstić information content (AvgIpc) is 4.19. The predicted molar refractivity (Wildman–Crippen MR) is 276 cm³/mol. The maximum absolute atomic E-state index is 14.0. The minimum absolute atomic E-state index is 0.000788. The highest BCUT2D eigenvalue weighted by Gasteiger charge is 2.44. The molecule has 4 amide bonds. The van der Waals surface area contributed by atoms with Gasteiger partial charge in [-0.3, -0.25) is 28.5 Å². The standard InChI is InChI=1S/C53H69N11O7S/c1-36-49(72-35-58-36)39-17-14-37(15-18-39)28-57-51(68)43-26-41(65)32-64(43)52(69)50(53(2,3)4)61-48(67)34-71-25-10-6-9-24-70-23-8-5-7-21-55-47(66)33-62-22-20-40(31-62)59-45-13-11-12-42(60-45)44-29-56-46-19-16-38(27-54)30-63(44)46/h11-19,29-30,35,40-41,43,50,65H,5-10,20-26,28,31-34H2,1-4H3,(H,55,66)(H,57,68)(H,59,60)(H,61,67)/t40?,41-,43+,50-/m1/s1. The number of carbonyl (C=O) groups is 4. The molecule has 1 aromatic carbocycles. The first-order chi connectivity index (χ1) is 34.7. The number of imidazole rings is 1. The van der Waals surface area contributed by atoms with E-state index in [4.69, 9.17) is 14.5 Å². The van der Waals surface area contributed by atoms with Gasteiger partial charge in [0, 0.05) is 71.2 Å². The number of nitrogens with zero attached hydrogens (tertiary/aromatic N) is 7. The van der Waals surface area contributed by atoms with Crippen LogP contribution in [0.3, 0.4) is 0 Å². The van der Waals surface area contributed by atoms with E-state index in [1.807, 2.05) is 86.1 Å². The number of hydrogen-bond donors (Lipinski definition) is 5. The number of ether oxygens (including phenoxy) is 2. The number of aromatic nitrogens is 4. The Labute approximate surface area is 425 Å². The number of fused-ring (bicyclic) bond motifs is 1. The van der Waals surface area contributed by atoms with Crippen LogP contribution in [0.4, 0.5) is 5.82 Å². The monoisotopic (exact) mass is 1000 g/mol. The molecule has 0 spiro atoms. The van der Waals surface area contributed by atoms with Gasteiger partial charge in [-0.2, -0.15) is 5.26 Å². The fourth-order valence-corrected chi connectivity index (χ4v) is 9.84. The Morgan fingerprint density at radius 2 is 1.68 bits per heavy atom. The molecule has 2 aliphatic rings. The Morgan fingerprint density at radius 3 is 2.42 bits per heavy atom. The summed E-state index contributed by atoms with van der Waals surface area (Å²) in [6, 6.07) is 17.8. The number of amides is 4. The average molecular weight is 1000 g/mol. The van der Waals surface area contributed by atoms with Crippen molar-refractivity contribution in [1.29, 1.82) is 5.26 Å². The van der Waals surface area contributed by atoms with E-state index in [1.54, 1.807) is 29.8 Å². The highest BCUT2D eigenvalue weighted by molar-refractivity contribution is 7.13. The van der Waals surface area contributed by atoms with Crippen molar-refractivity contribution in [2.24, 2.45) is 5.41 Å². The topological polar surface area (TPSA) is 228 Å². The van der Waals surface area contributed by atoms with E-state index in [0.29, 0.717) is 38.5 Å². The zero-order valence-electron chi connectivity index (χ0n) is 41.9. The highest BCUT2D eigenvalue weighted by Crippen LogP contribution is 2.29. The van der Waals surface area contributed by atoms with E-state index >= 15 is 0 Å². The number of thiazole rings is 1. The van der Waals surface area contributed by atoms with Crippen LogP contribution in [-0.2, 0) is 35.2 Å². The number of nitriles is 1. The van der Waals surface area contributed by atoms with Crippen molar-refractivity contribution in [1.82, 2.24) is 45.1 Å². The smallest absolute Gasteiger partial charge is 0.246 e. The molecule has 0 aliphatic carbocycles. The summed E-state index contributed by atoms with van der Waals surface area (Å²) in [6.45, 7) is 11.8. The van der Waals surface area contributed by atoms with Crippen LogP contribution in [0.25, 0.3) is 27.5 Å². The molecule has 0 radical (unpaired) electrons. The van der Waals surface area contributed by atoms with Gasteiger partial charge in [0.15, 0.2) is 0 Å². The lowest BCUT2D eigenvalue weighted by molar-refractivity contribution is -0.144. The van der Waals surface area contributed by atoms with E-state index in [2.05, 4.69) is 42.2 Å². The number of rotatable bonds is 25. The maximum Gasteiger partial charge on any atom is 0.246 e. The third-order valence-electron chi connectivity index (χ3n) is 12.9. The van der Waals surface area contributed by atoms with Crippen molar-refractivity contribution in [3.8, 4) is 27.9 Å². The zero-order chi connectivity index (χ0) is 51.0. The van der Waals surface area contributed by atoms with Crippen LogP contribution in [-0.4, -0.2) is 141 Å². The fraction of sp³-hybridized carbons (Fsp3) is 0.509. The molecule has 4 aromatic heterocycles. The number of pyridine rings is 2. The van der Waals surface area contributed by atoms with Crippen LogP contribution in [0.15, 0.2) is 72.5 Å². The van der Waals surface area contributed by atoms with E-state index in [-0.39, 0.29) is 44.0 Å². The number of likely N-dealkylation sites (tertiary alicyclic amines) is 2. The van der Waals surface area contributed by atoms with Crippen molar-refractivity contribution in [2.45, 2.75) is 110 Å². The number of aryl methyl sites for hydroxylation is 1. The molecule has 72 heavy (non-hydrogen) atoms. The normalized spacial score (nSPS) is 17.4. The van der Waals surface area contributed by atoms with Crippen LogP contribution in [0, 0.1) is 23.7 Å². The first-order valence-electron chi connectivity index (χ1n) is 25.1. The molecule has 6 heterocycles. The van der Waals surface area contributed by atoms with E-state index in [9.17, 15) is 29.5 Å². The molecule has 5 aromatic rings. The third kappa shape index (κ3) is 15.1. The largest absolute Gasteiger partial charge is 0.391 e. The maximum atomic E-state index is 14.0. The minimum Gasteiger partial charge on any atom is -0.391 e. The fourth-order valence-electron chi connectivity index (χ4n) is 9.02. The summed E-state index contributed by atoms with van der Waals surface area (Å²) in [5.74, 6) is -0.418. The van der Waals surface area contributed by atoms with Crippen molar-refractivity contribution in [3.05, 3.63) is 89.3 Å². The van der Waals surface area contributed by atoms with Gasteiger partial charge in [0.2, 0.25) is 23.6 Å². The Bertz CT molecular complexity index is 2640. The second-order valence-corrected chi connectivity index (χ2v) is 20.6. The quantitative estimate of drug-likeness (QED) is 0.0457. The molecule has 2 aliphatic heterocycles. The highest BCUT2D eigenvalue weighted by atomic mass is 32.1. The summed E-state index contributed by atoms with van der Waals surface area (Å²) in [7, 11) is 0. The number of β-amino-alcohol motifs (C(OH)–C–C–N with tert-alkyl or cyclic N) is 1. The van der Waals surface area contributed by atoms with Crippen LogP contribution in [0.5, 0.6) is 0 Å². The molecule has 0 bridgehead atoms. The molecule has 2 fully saturated rings. The van der Waals surface area contributed by atoms with Crippen LogP contribution in [0.2, 0.25) is 0 Å². The number of anilines is 1. The predicted octanol–water partition coefficient (Wildman–Crippen LogP) is 5.49. The molecule has 1 unspecified atom stereocenters. The second-order valence-electron chi connectivity index (χ2n) is 19.8. The van der Waals surface area contributed by atoms with Gasteiger partial charge in [0.25, 0.3) is 0 Å². The number of unbranched alkanes of at least 4 members (excludes halogenated alkanes) is 4. The van der Waals surface area contributed by atoms with Gasteiger partial charge in [-0.05, 0) is 92.7 Å². The summed E-state index contributed by atoms with van der Waals surface area (Å²) in [4.78, 5) is 71.3. The van der Waals surface area contributed by atoms with E-state index in [1.165, 1.54) is 4.90 Å². The molecular weight excluding hydrogens is 935 g/mol. The minimum atomic E-state index is -0.931. The van der Waals surface area contributed by atoms with Gasteiger partial charge in [-0.1, -0.05) is 51.1 Å². The summed E-state index contributed by atoms with van der Waals surface area (Å²) in [5, 5.41) is 32.3. The Hall–Kier alpha value is -6.30. The Kier molecular flexibility index (Phi) is 19.2. The van der Waals surface area contributed by atoms with Crippen LogP contribution in [0.1, 0.15) is 89.0 Å². The molecule has 19 heteroatoms. The molecule has 7 rings (SSSR count). The lowest BCUT2D eigenvalue weighted by Gasteiger charge is -2.35. The molecule has 384 valence electrons. The molecular formula is C53H69N11O7S. The zero-order valence-corrected chi connectivity index (χ0v) is 42.7. The second kappa shape index (κ2) is 25.9. The van der Waals surface area contributed by atoms with Crippen LogP contribution < -0.4 is 21.3 Å². The van der Waals surface area contributed by atoms with Gasteiger partial charge in [-0.15, -0.1) is 11.3 Å². The number of benzene rings is 1. The van der Waals surface area contributed by atoms with E-state index in [0.717, 1.165) is 103 Å². The number of hydrogen-bond acceptors (Lipinski definition) is 14. The number of aliphatic hydroxyl groups is 1. The van der Waals surface area contributed by atoms with E-state index < -0.39 is 35.4 Å². The molecule has 4 atom stereocenters. The van der Waals surface area contributed by atoms with Crippen molar-refractivity contribution in [3.63, 3.8) is 0 Å². The van der Waals surface area contributed by atoms with Crippen molar-refractivity contribution < 1.29 is 33.8 Å². The first-order valence-corrected chi connectivity index (χ1v) is 25.9. The number of aliphatic hydroxyl groups excluding tert-OH is 1. The Balaban J connectivity index is 0.695.